The van der Waals surface area contributed by atoms with Gasteiger partial charge in [-0.3, -0.25) is 4.79 Å². The maximum absolute atomic E-state index is 10.4. The van der Waals surface area contributed by atoms with E-state index >= 15 is 0 Å². The van der Waals surface area contributed by atoms with Crippen molar-refractivity contribution in [2.75, 3.05) is 11.9 Å². The van der Waals surface area contributed by atoms with Gasteiger partial charge in [0.2, 0.25) is 6.41 Å². The van der Waals surface area contributed by atoms with Crippen molar-refractivity contribution in [3.8, 4) is 11.5 Å². The van der Waals surface area contributed by atoms with E-state index in [0.29, 0.717) is 12.1 Å². The van der Waals surface area contributed by atoms with Crippen molar-refractivity contribution in [1.82, 2.24) is 0 Å². The van der Waals surface area contributed by atoms with Gasteiger partial charge in [-0.15, -0.1) is 0 Å². The highest BCUT2D eigenvalue weighted by Gasteiger charge is 2.08. The Balaban J connectivity index is 3.20. The zero-order valence-corrected chi connectivity index (χ0v) is 8.45. The third-order valence-corrected chi connectivity index (χ3v) is 2.40. The van der Waals surface area contributed by atoms with Gasteiger partial charge in [0.15, 0.2) is 0 Å². The van der Waals surface area contributed by atoms with E-state index in [-0.39, 0.29) is 16.0 Å². The van der Waals surface area contributed by atoms with E-state index in [1.807, 2.05) is 0 Å². The van der Waals surface area contributed by atoms with Crippen LogP contribution in [0.4, 0.5) is 5.69 Å². The van der Waals surface area contributed by atoms with Gasteiger partial charge >= 0.3 is 0 Å². The maximum Gasteiger partial charge on any atom is 0.213 e. The molecule has 0 spiro atoms. The van der Waals surface area contributed by atoms with Crippen molar-refractivity contribution in [2.45, 2.75) is 0 Å². The lowest BCUT2D eigenvalue weighted by atomic mass is 10.2. The number of benzene rings is 1. The number of halogens is 1. The number of amides is 1. The summed E-state index contributed by atoms with van der Waals surface area (Å²) in [5, 5.41) is 18.6. The molecule has 0 heterocycles. The van der Waals surface area contributed by atoms with Gasteiger partial charge in [-0.25, -0.2) is 0 Å². The van der Waals surface area contributed by atoms with Crippen LogP contribution in [0.2, 0.25) is 0 Å². The molecule has 2 N–H and O–H groups in total. The summed E-state index contributed by atoms with van der Waals surface area (Å²) in [5.41, 5.74) is 0.424. The van der Waals surface area contributed by atoms with Gasteiger partial charge in [-0.05, 0) is 15.9 Å². The summed E-state index contributed by atoms with van der Waals surface area (Å²) in [4.78, 5) is 11.6. The fourth-order valence-electron chi connectivity index (χ4n) is 0.844. The van der Waals surface area contributed by atoms with Crippen LogP contribution in [0.5, 0.6) is 11.5 Å². The second-order valence-corrected chi connectivity index (χ2v) is 3.31. The Bertz CT molecular complexity index is 317. The van der Waals surface area contributed by atoms with Crippen molar-refractivity contribution in [1.29, 1.82) is 0 Å². The minimum atomic E-state index is -0.108. The molecule has 0 atom stereocenters. The molecule has 0 aliphatic heterocycles. The maximum atomic E-state index is 10.4. The molecule has 0 radical (unpaired) electrons. The van der Waals surface area contributed by atoms with Crippen molar-refractivity contribution in [2.24, 2.45) is 0 Å². The topological polar surface area (TPSA) is 60.8 Å². The Morgan fingerprint density at radius 2 is 1.85 bits per heavy atom. The summed E-state index contributed by atoms with van der Waals surface area (Å²) in [6.07, 6.45) is 0.585. The quantitative estimate of drug-likeness (QED) is 0.776. The fraction of sp³-hybridized carbons (Fsp3) is 0.125. The molecule has 4 nitrogen and oxygen atoms in total. The van der Waals surface area contributed by atoms with E-state index in [9.17, 15) is 15.0 Å². The molecule has 1 amide bonds. The second kappa shape index (κ2) is 3.66. The number of nitrogens with zero attached hydrogens (tertiary/aromatic N) is 1. The van der Waals surface area contributed by atoms with Gasteiger partial charge in [0.1, 0.15) is 16.0 Å². The number of carbonyl (C=O) groups is 1. The van der Waals surface area contributed by atoms with Gasteiger partial charge in [-0.2, -0.15) is 0 Å². The molecule has 5 heteroatoms. The smallest absolute Gasteiger partial charge is 0.213 e. The van der Waals surface area contributed by atoms with Gasteiger partial charge in [0.05, 0.1) is 5.69 Å². The van der Waals surface area contributed by atoms with Crippen molar-refractivity contribution < 1.29 is 15.0 Å². The molecular weight excluding hydrogens is 238 g/mol. The summed E-state index contributed by atoms with van der Waals surface area (Å²) in [6.45, 7) is 0. The van der Waals surface area contributed by atoms with E-state index in [0.717, 1.165) is 0 Å². The van der Waals surface area contributed by atoms with Gasteiger partial charge < -0.3 is 15.1 Å². The highest BCUT2D eigenvalue weighted by Crippen LogP contribution is 2.36. The summed E-state index contributed by atoms with van der Waals surface area (Å²) in [7, 11) is 1.52. The van der Waals surface area contributed by atoms with Crippen molar-refractivity contribution in [3.05, 3.63) is 16.6 Å². The molecule has 1 aromatic rings. The Kier molecular flexibility index (Phi) is 2.77. The van der Waals surface area contributed by atoms with Crippen LogP contribution in [0.25, 0.3) is 0 Å². The normalized spacial score (nSPS) is 9.69. The zero-order chi connectivity index (χ0) is 10.0. The number of aromatic hydroxyl groups is 2. The molecule has 1 aromatic carbocycles. The molecule has 0 aliphatic carbocycles. The lowest BCUT2D eigenvalue weighted by Crippen LogP contribution is -2.13. The van der Waals surface area contributed by atoms with Gasteiger partial charge in [-0.1, -0.05) is 0 Å². The first kappa shape index (κ1) is 9.85. The zero-order valence-electron chi connectivity index (χ0n) is 6.86. The van der Waals surface area contributed by atoms with E-state index in [4.69, 9.17) is 0 Å². The van der Waals surface area contributed by atoms with Crippen molar-refractivity contribution >= 4 is 28.0 Å². The second-order valence-electron chi connectivity index (χ2n) is 2.51. The molecule has 0 aliphatic rings. The van der Waals surface area contributed by atoms with Crippen LogP contribution in [-0.4, -0.2) is 23.7 Å². The molecule has 70 valence electrons. The minimum Gasteiger partial charge on any atom is -0.507 e. The van der Waals surface area contributed by atoms with Crippen LogP contribution >= 0.6 is 15.9 Å². The average Bonchev–Trinajstić information content (AvgIpc) is 2.12. The molecule has 0 bridgehead atoms. The largest absolute Gasteiger partial charge is 0.507 e. The molecular formula is C8H8BrNO3. The number of phenols is 2. The van der Waals surface area contributed by atoms with Gasteiger partial charge in [0, 0.05) is 19.2 Å². The van der Waals surface area contributed by atoms with Crippen molar-refractivity contribution in [3.63, 3.8) is 0 Å². The van der Waals surface area contributed by atoms with Gasteiger partial charge in [0.25, 0.3) is 0 Å². The lowest BCUT2D eigenvalue weighted by Gasteiger charge is -2.12. The molecule has 0 unspecified atom stereocenters. The fourth-order valence-corrected chi connectivity index (χ4v) is 1.07. The van der Waals surface area contributed by atoms with Crippen LogP contribution in [0.1, 0.15) is 0 Å². The summed E-state index contributed by atoms with van der Waals surface area (Å²) >= 11 is 2.98. The Morgan fingerprint density at radius 3 is 2.23 bits per heavy atom. The molecule has 0 aromatic heterocycles. The number of hydrogen-bond acceptors (Lipinski definition) is 3. The third-order valence-electron chi connectivity index (χ3n) is 1.58. The number of hydrogen-bond donors (Lipinski definition) is 2. The van der Waals surface area contributed by atoms with E-state index < -0.39 is 0 Å². The van der Waals surface area contributed by atoms with E-state index in [1.165, 1.54) is 24.1 Å². The van der Waals surface area contributed by atoms with Crippen LogP contribution < -0.4 is 4.90 Å². The highest BCUT2D eigenvalue weighted by atomic mass is 79.9. The molecule has 0 saturated carbocycles. The monoisotopic (exact) mass is 245 g/mol. The summed E-state index contributed by atoms with van der Waals surface area (Å²) in [6, 6.07) is 2.75. The first-order valence-corrected chi connectivity index (χ1v) is 4.25. The Hall–Kier alpha value is -1.23. The molecule has 13 heavy (non-hydrogen) atoms. The molecule has 0 fully saturated rings. The number of anilines is 1. The molecule has 0 saturated heterocycles. The van der Waals surface area contributed by atoms with E-state index in [2.05, 4.69) is 15.9 Å². The predicted octanol–water partition coefficient (Wildman–Crippen LogP) is 1.45. The lowest BCUT2D eigenvalue weighted by molar-refractivity contribution is -0.107. The Morgan fingerprint density at radius 1 is 1.38 bits per heavy atom. The predicted molar refractivity (Wildman–Crippen MR) is 51.9 cm³/mol. The third kappa shape index (κ3) is 1.92. The minimum absolute atomic E-state index is 0.108. The summed E-state index contributed by atoms with van der Waals surface area (Å²) < 4.78 is 0.218. The molecule has 1 rings (SSSR count). The Labute approximate surface area is 83.5 Å². The van der Waals surface area contributed by atoms with Crippen LogP contribution in [0.15, 0.2) is 16.6 Å². The number of carbonyl (C=O) groups excluding carboxylic acids is 1. The van der Waals surface area contributed by atoms with Crippen LogP contribution in [0, 0.1) is 0 Å². The van der Waals surface area contributed by atoms with E-state index in [1.54, 1.807) is 0 Å². The highest BCUT2D eigenvalue weighted by molar-refractivity contribution is 9.10. The van der Waals surface area contributed by atoms with Crippen LogP contribution in [0.3, 0.4) is 0 Å². The number of rotatable bonds is 2. The first-order chi connectivity index (χ1) is 6.06. The first-order valence-electron chi connectivity index (χ1n) is 3.46. The SMILES string of the molecule is CN(C=O)c1cc(O)c(Br)c(O)c1. The average molecular weight is 246 g/mol. The summed E-state index contributed by atoms with van der Waals surface area (Å²) in [5.74, 6) is -0.215. The van der Waals surface area contributed by atoms with Crippen LogP contribution in [-0.2, 0) is 4.79 Å². The number of phenolic OH excluding ortho intramolecular Hbond substituents is 2. The standard InChI is InChI=1S/C8H8BrNO3/c1-10(4-11)5-2-6(12)8(9)7(13)3-5/h2-4,12-13H,1H3.